The predicted molar refractivity (Wildman–Crippen MR) is 120 cm³/mol. The van der Waals surface area contributed by atoms with Gasteiger partial charge in [0.05, 0.1) is 17.6 Å². The highest BCUT2D eigenvalue weighted by molar-refractivity contribution is 7.13. The molecule has 1 saturated heterocycles. The lowest BCUT2D eigenvalue weighted by molar-refractivity contribution is -0.152. The molecule has 162 valence electrons. The van der Waals surface area contributed by atoms with Gasteiger partial charge in [0.1, 0.15) is 18.2 Å². The SMILES string of the molecule is CCC[C@H]1C(=O)N(Cc2ccc3c(N)ncnc3c2)CCN1C(=O)Cc1csc(N)n1. The van der Waals surface area contributed by atoms with Gasteiger partial charge in [-0.2, -0.15) is 0 Å². The molecule has 0 aliphatic carbocycles. The Kier molecular flexibility index (Phi) is 5.99. The number of carbonyl (C=O) groups excluding carboxylic acids is 2. The predicted octanol–water partition coefficient (Wildman–Crippen LogP) is 1.83. The van der Waals surface area contributed by atoms with E-state index < -0.39 is 6.04 Å². The summed E-state index contributed by atoms with van der Waals surface area (Å²) in [5.74, 6) is 0.320. The summed E-state index contributed by atoms with van der Waals surface area (Å²) in [6.45, 7) is 3.46. The van der Waals surface area contributed by atoms with Gasteiger partial charge in [0.15, 0.2) is 5.13 Å². The number of nitrogens with zero attached hydrogens (tertiary/aromatic N) is 5. The van der Waals surface area contributed by atoms with E-state index in [1.165, 1.54) is 17.7 Å². The van der Waals surface area contributed by atoms with E-state index in [0.29, 0.717) is 42.7 Å². The zero-order valence-electron chi connectivity index (χ0n) is 17.3. The molecule has 0 radical (unpaired) electrons. The molecule has 0 bridgehead atoms. The average molecular weight is 440 g/mol. The van der Waals surface area contributed by atoms with Crippen molar-refractivity contribution in [3.8, 4) is 0 Å². The van der Waals surface area contributed by atoms with Gasteiger partial charge in [-0.1, -0.05) is 19.4 Å². The fourth-order valence-electron chi connectivity index (χ4n) is 3.95. The van der Waals surface area contributed by atoms with Crippen molar-refractivity contribution in [2.45, 2.75) is 38.8 Å². The normalized spacial score (nSPS) is 16.8. The van der Waals surface area contributed by atoms with Crippen molar-refractivity contribution in [1.29, 1.82) is 0 Å². The van der Waals surface area contributed by atoms with Crippen molar-refractivity contribution in [2.24, 2.45) is 0 Å². The molecule has 2 amide bonds. The lowest BCUT2D eigenvalue weighted by atomic mass is 10.0. The van der Waals surface area contributed by atoms with Crippen LogP contribution in [0.1, 0.15) is 31.0 Å². The Hall–Kier alpha value is -3.27. The third-order valence-electron chi connectivity index (χ3n) is 5.47. The Morgan fingerprint density at radius 3 is 2.84 bits per heavy atom. The van der Waals surface area contributed by atoms with Crippen LogP contribution in [-0.4, -0.2) is 55.7 Å². The van der Waals surface area contributed by atoms with E-state index in [2.05, 4.69) is 15.0 Å². The van der Waals surface area contributed by atoms with Crippen LogP contribution in [0.5, 0.6) is 0 Å². The first-order chi connectivity index (χ1) is 15.0. The largest absolute Gasteiger partial charge is 0.383 e. The second-order valence-corrected chi connectivity index (χ2v) is 8.51. The molecule has 1 aromatic carbocycles. The standard InChI is InChI=1S/C21H25N7O2S/c1-2-3-17-20(30)27(6-7-28(17)18(29)9-14-11-31-21(23)26-14)10-13-4-5-15-16(8-13)24-12-25-19(15)22/h4-5,8,11-12,17H,2-3,6-7,9-10H2,1H3,(H2,23,26)(H2,22,24,25)/t17-/m0/s1. The van der Waals surface area contributed by atoms with Crippen molar-refractivity contribution in [1.82, 2.24) is 24.8 Å². The quantitative estimate of drug-likeness (QED) is 0.599. The van der Waals surface area contributed by atoms with Crippen LogP contribution in [0.25, 0.3) is 10.9 Å². The highest BCUT2D eigenvalue weighted by atomic mass is 32.1. The fourth-order valence-corrected chi connectivity index (χ4v) is 4.51. The van der Waals surface area contributed by atoms with Gasteiger partial charge < -0.3 is 21.3 Å². The Balaban J connectivity index is 1.49. The van der Waals surface area contributed by atoms with Gasteiger partial charge in [-0.05, 0) is 24.1 Å². The van der Waals surface area contributed by atoms with Gasteiger partial charge >= 0.3 is 0 Å². The zero-order valence-corrected chi connectivity index (χ0v) is 18.1. The van der Waals surface area contributed by atoms with Crippen molar-refractivity contribution < 1.29 is 9.59 Å². The summed E-state index contributed by atoms with van der Waals surface area (Å²) in [6.07, 6.45) is 3.03. The van der Waals surface area contributed by atoms with Crippen molar-refractivity contribution >= 4 is 45.0 Å². The maximum Gasteiger partial charge on any atom is 0.245 e. The molecule has 0 spiro atoms. The topological polar surface area (TPSA) is 131 Å². The minimum Gasteiger partial charge on any atom is -0.383 e. The Morgan fingerprint density at radius 2 is 2.10 bits per heavy atom. The molecule has 2 aromatic heterocycles. The monoisotopic (exact) mass is 439 g/mol. The molecular weight excluding hydrogens is 414 g/mol. The van der Waals surface area contributed by atoms with Crippen LogP contribution in [0.2, 0.25) is 0 Å². The molecule has 3 heterocycles. The number of nitrogens with two attached hydrogens (primary N) is 2. The minimum atomic E-state index is -0.458. The number of piperazine rings is 1. The average Bonchev–Trinajstić information content (AvgIpc) is 3.15. The minimum absolute atomic E-state index is 0.0264. The maximum atomic E-state index is 13.3. The van der Waals surface area contributed by atoms with E-state index in [1.807, 2.05) is 30.0 Å². The number of nitrogen functional groups attached to an aromatic ring is 2. The zero-order chi connectivity index (χ0) is 22.0. The Labute approximate surface area is 184 Å². The van der Waals surface area contributed by atoms with Gasteiger partial charge in [-0.3, -0.25) is 9.59 Å². The summed E-state index contributed by atoms with van der Waals surface area (Å²) in [5, 5.41) is 3.02. The second kappa shape index (κ2) is 8.84. The highest BCUT2D eigenvalue weighted by Crippen LogP contribution is 2.23. The smallest absolute Gasteiger partial charge is 0.245 e. The van der Waals surface area contributed by atoms with Crippen LogP contribution in [0.4, 0.5) is 10.9 Å². The number of benzene rings is 1. The molecule has 1 aliphatic rings. The van der Waals surface area contributed by atoms with Crippen LogP contribution < -0.4 is 11.5 Å². The van der Waals surface area contributed by atoms with Crippen LogP contribution in [-0.2, 0) is 22.6 Å². The summed E-state index contributed by atoms with van der Waals surface area (Å²) in [5.41, 5.74) is 13.9. The van der Waals surface area contributed by atoms with Gasteiger partial charge in [0.25, 0.3) is 0 Å². The Morgan fingerprint density at radius 1 is 1.26 bits per heavy atom. The van der Waals surface area contributed by atoms with Crippen molar-refractivity contribution in [3.05, 3.63) is 41.2 Å². The number of hydrogen-bond acceptors (Lipinski definition) is 8. The molecule has 3 aromatic rings. The molecular formula is C21H25N7O2S. The highest BCUT2D eigenvalue weighted by Gasteiger charge is 2.36. The van der Waals surface area contributed by atoms with Crippen molar-refractivity contribution in [3.63, 3.8) is 0 Å². The number of aromatic nitrogens is 3. The molecule has 0 saturated carbocycles. The molecule has 9 nitrogen and oxygen atoms in total. The van der Waals surface area contributed by atoms with E-state index >= 15 is 0 Å². The van der Waals surface area contributed by atoms with Crippen molar-refractivity contribution in [2.75, 3.05) is 24.6 Å². The first-order valence-corrected chi connectivity index (χ1v) is 11.1. The summed E-state index contributed by atoms with van der Waals surface area (Å²) < 4.78 is 0. The lowest BCUT2D eigenvalue weighted by Crippen LogP contribution is -2.58. The summed E-state index contributed by atoms with van der Waals surface area (Å²) in [6, 6.07) is 5.29. The molecule has 0 unspecified atom stereocenters. The molecule has 1 atom stereocenters. The molecule has 1 fully saturated rings. The maximum absolute atomic E-state index is 13.3. The molecule has 31 heavy (non-hydrogen) atoms. The number of fused-ring (bicyclic) bond motifs is 1. The number of rotatable bonds is 6. The number of amides is 2. The first-order valence-electron chi connectivity index (χ1n) is 10.2. The van der Waals surface area contributed by atoms with E-state index in [1.54, 1.807) is 10.3 Å². The second-order valence-electron chi connectivity index (χ2n) is 7.62. The number of thiazole rings is 1. The third kappa shape index (κ3) is 4.43. The van der Waals surface area contributed by atoms with Gasteiger partial charge in [0.2, 0.25) is 11.8 Å². The summed E-state index contributed by atoms with van der Waals surface area (Å²) >= 11 is 1.31. The van der Waals surface area contributed by atoms with Gasteiger partial charge in [-0.25, -0.2) is 15.0 Å². The van der Waals surface area contributed by atoms with Crippen LogP contribution in [0.3, 0.4) is 0 Å². The van der Waals surface area contributed by atoms with Crippen LogP contribution >= 0.6 is 11.3 Å². The number of anilines is 2. The first kappa shape index (κ1) is 21.0. The van der Waals surface area contributed by atoms with Gasteiger partial charge in [0, 0.05) is 30.4 Å². The van der Waals surface area contributed by atoms with E-state index in [4.69, 9.17) is 11.5 Å². The van der Waals surface area contributed by atoms with E-state index in [-0.39, 0.29) is 18.2 Å². The van der Waals surface area contributed by atoms with Crippen LogP contribution in [0, 0.1) is 0 Å². The Bertz CT molecular complexity index is 1120. The number of carbonyl (C=O) groups is 2. The van der Waals surface area contributed by atoms with E-state index in [9.17, 15) is 9.59 Å². The summed E-state index contributed by atoms with van der Waals surface area (Å²) in [7, 11) is 0. The molecule has 4 rings (SSSR count). The molecule has 4 N–H and O–H groups in total. The van der Waals surface area contributed by atoms with Gasteiger partial charge in [-0.15, -0.1) is 11.3 Å². The summed E-state index contributed by atoms with van der Waals surface area (Å²) in [4.78, 5) is 42.1. The number of hydrogen-bond donors (Lipinski definition) is 2. The van der Waals surface area contributed by atoms with E-state index in [0.717, 1.165) is 22.9 Å². The lowest BCUT2D eigenvalue weighted by Gasteiger charge is -2.40. The third-order valence-corrected chi connectivity index (χ3v) is 6.20. The molecule has 10 heteroatoms. The molecule has 1 aliphatic heterocycles. The van der Waals surface area contributed by atoms with Crippen LogP contribution in [0.15, 0.2) is 29.9 Å². The fraction of sp³-hybridized carbons (Fsp3) is 0.381.